The average Bonchev–Trinajstić information content (AvgIpc) is 2.53. The van der Waals surface area contributed by atoms with Gasteiger partial charge in [0.15, 0.2) is 0 Å². The zero-order valence-corrected chi connectivity index (χ0v) is 9.18. The van der Waals surface area contributed by atoms with Gasteiger partial charge in [-0.15, -0.1) is 0 Å². The highest BCUT2D eigenvalue weighted by molar-refractivity contribution is 4.84. The molecule has 0 amide bonds. The van der Waals surface area contributed by atoms with Crippen LogP contribution in [0.5, 0.6) is 0 Å². The highest BCUT2D eigenvalue weighted by Gasteiger charge is 2.26. The van der Waals surface area contributed by atoms with E-state index in [4.69, 9.17) is 4.74 Å². The Balaban J connectivity index is 2.10. The molecule has 0 spiro atoms. The van der Waals surface area contributed by atoms with E-state index in [1.165, 1.54) is 19.3 Å². The van der Waals surface area contributed by atoms with Gasteiger partial charge in [0, 0.05) is 19.2 Å². The third kappa shape index (κ3) is 3.65. The average molecular weight is 185 g/mol. The lowest BCUT2D eigenvalue weighted by atomic mass is 10.0. The van der Waals surface area contributed by atoms with Crippen molar-refractivity contribution in [2.45, 2.75) is 52.2 Å². The van der Waals surface area contributed by atoms with Gasteiger partial charge in [0.25, 0.3) is 0 Å². The van der Waals surface area contributed by atoms with E-state index in [1.807, 2.05) is 0 Å². The van der Waals surface area contributed by atoms with Crippen LogP contribution in [0.25, 0.3) is 0 Å². The normalized spacial score (nSPS) is 28.6. The van der Waals surface area contributed by atoms with E-state index in [9.17, 15) is 0 Å². The van der Waals surface area contributed by atoms with E-state index >= 15 is 0 Å². The van der Waals surface area contributed by atoms with Crippen molar-refractivity contribution in [1.29, 1.82) is 0 Å². The molecule has 0 aromatic carbocycles. The van der Waals surface area contributed by atoms with Crippen LogP contribution in [-0.4, -0.2) is 25.3 Å². The SMILES string of the molecule is CCCCO[C@@H]1CN[C@H](C(C)C)C1. The molecule has 1 heterocycles. The first kappa shape index (κ1) is 11.0. The van der Waals surface area contributed by atoms with E-state index in [0.29, 0.717) is 12.1 Å². The lowest BCUT2D eigenvalue weighted by molar-refractivity contribution is 0.0625. The molecule has 0 radical (unpaired) electrons. The summed E-state index contributed by atoms with van der Waals surface area (Å²) in [5, 5.41) is 3.51. The first-order valence-electron chi connectivity index (χ1n) is 5.59. The molecule has 78 valence electrons. The second kappa shape index (κ2) is 5.61. The van der Waals surface area contributed by atoms with Crippen LogP contribution in [-0.2, 0) is 4.74 Å². The van der Waals surface area contributed by atoms with Crippen molar-refractivity contribution in [1.82, 2.24) is 5.32 Å². The number of nitrogens with one attached hydrogen (secondary N) is 1. The minimum atomic E-state index is 0.471. The fraction of sp³-hybridized carbons (Fsp3) is 1.00. The summed E-state index contributed by atoms with van der Waals surface area (Å²) < 4.78 is 5.76. The maximum atomic E-state index is 5.76. The topological polar surface area (TPSA) is 21.3 Å². The third-order valence-corrected chi connectivity index (χ3v) is 2.78. The van der Waals surface area contributed by atoms with Gasteiger partial charge in [-0.1, -0.05) is 27.2 Å². The summed E-state index contributed by atoms with van der Waals surface area (Å²) in [7, 11) is 0. The summed E-state index contributed by atoms with van der Waals surface area (Å²) in [6.45, 7) is 8.73. The highest BCUT2D eigenvalue weighted by atomic mass is 16.5. The standard InChI is InChI=1S/C11H23NO/c1-4-5-6-13-10-7-11(9(2)3)12-8-10/h9-12H,4-8H2,1-3H3/t10-,11-/m0/s1. The molecule has 0 unspecified atom stereocenters. The summed E-state index contributed by atoms with van der Waals surface area (Å²) >= 11 is 0. The minimum Gasteiger partial charge on any atom is -0.377 e. The van der Waals surface area contributed by atoms with E-state index in [1.54, 1.807) is 0 Å². The van der Waals surface area contributed by atoms with Crippen molar-refractivity contribution < 1.29 is 4.74 Å². The van der Waals surface area contributed by atoms with Crippen LogP contribution in [0.3, 0.4) is 0 Å². The molecular formula is C11H23NO. The molecule has 0 aromatic rings. The van der Waals surface area contributed by atoms with Crippen LogP contribution in [0.4, 0.5) is 0 Å². The lowest BCUT2D eigenvalue weighted by Gasteiger charge is -2.14. The summed E-state index contributed by atoms with van der Waals surface area (Å²) in [4.78, 5) is 0. The van der Waals surface area contributed by atoms with Crippen LogP contribution in [0.1, 0.15) is 40.0 Å². The molecular weight excluding hydrogens is 162 g/mol. The molecule has 1 saturated heterocycles. The number of hydrogen-bond donors (Lipinski definition) is 1. The maximum Gasteiger partial charge on any atom is 0.0714 e. The van der Waals surface area contributed by atoms with Gasteiger partial charge in [-0.2, -0.15) is 0 Å². The molecule has 1 aliphatic heterocycles. The van der Waals surface area contributed by atoms with E-state index in [2.05, 4.69) is 26.1 Å². The Morgan fingerprint density at radius 2 is 2.23 bits per heavy atom. The first-order valence-corrected chi connectivity index (χ1v) is 5.59. The summed E-state index contributed by atoms with van der Waals surface area (Å²) in [5.41, 5.74) is 0. The zero-order chi connectivity index (χ0) is 9.68. The highest BCUT2D eigenvalue weighted by Crippen LogP contribution is 2.16. The van der Waals surface area contributed by atoms with Crippen molar-refractivity contribution in [2.75, 3.05) is 13.2 Å². The van der Waals surface area contributed by atoms with E-state index < -0.39 is 0 Å². The Labute approximate surface area is 82.0 Å². The molecule has 0 aliphatic carbocycles. The number of unbranched alkanes of at least 4 members (excludes halogenated alkanes) is 1. The van der Waals surface area contributed by atoms with Crippen molar-refractivity contribution in [3.05, 3.63) is 0 Å². The smallest absolute Gasteiger partial charge is 0.0714 e. The summed E-state index contributed by atoms with van der Waals surface area (Å²) in [6.07, 6.45) is 4.09. The largest absolute Gasteiger partial charge is 0.377 e. The van der Waals surface area contributed by atoms with Crippen LogP contribution >= 0.6 is 0 Å². The van der Waals surface area contributed by atoms with Crippen LogP contribution in [0.15, 0.2) is 0 Å². The van der Waals surface area contributed by atoms with Gasteiger partial charge in [0.2, 0.25) is 0 Å². The van der Waals surface area contributed by atoms with Gasteiger partial charge in [-0.05, 0) is 18.8 Å². The van der Waals surface area contributed by atoms with Gasteiger partial charge in [0.1, 0.15) is 0 Å². The lowest BCUT2D eigenvalue weighted by Crippen LogP contribution is -2.26. The molecule has 1 fully saturated rings. The molecule has 2 atom stereocenters. The molecule has 1 rings (SSSR count). The minimum absolute atomic E-state index is 0.471. The molecule has 1 N–H and O–H groups in total. The Bertz CT molecular complexity index is 136. The fourth-order valence-electron chi connectivity index (χ4n) is 1.76. The van der Waals surface area contributed by atoms with Gasteiger partial charge >= 0.3 is 0 Å². The molecule has 0 saturated carbocycles. The predicted octanol–water partition coefficient (Wildman–Crippen LogP) is 2.19. The van der Waals surface area contributed by atoms with E-state index in [-0.39, 0.29) is 0 Å². The number of rotatable bonds is 5. The van der Waals surface area contributed by atoms with Crippen LogP contribution in [0.2, 0.25) is 0 Å². The molecule has 1 aliphatic rings. The maximum absolute atomic E-state index is 5.76. The number of hydrogen-bond acceptors (Lipinski definition) is 2. The van der Waals surface area contributed by atoms with Gasteiger partial charge in [-0.25, -0.2) is 0 Å². The number of ether oxygens (including phenoxy) is 1. The van der Waals surface area contributed by atoms with Crippen molar-refractivity contribution in [2.24, 2.45) is 5.92 Å². The molecule has 13 heavy (non-hydrogen) atoms. The second-order valence-electron chi connectivity index (χ2n) is 4.34. The van der Waals surface area contributed by atoms with Crippen molar-refractivity contribution >= 4 is 0 Å². The van der Waals surface area contributed by atoms with E-state index in [0.717, 1.165) is 19.1 Å². The Morgan fingerprint density at radius 1 is 1.46 bits per heavy atom. The Hall–Kier alpha value is -0.0800. The van der Waals surface area contributed by atoms with Crippen LogP contribution < -0.4 is 5.32 Å². The van der Waals surface area contributed by atoms with Gasteiger partial charge in [-0.3, -0.25) is 0 Å². The third-order valence-electron chi connectivity index (χ3n) is 2.78. The second-order valence-corrected chi connectivity index (χ2v) is 4.34. The molecule has 2 heteroatoms. The monoisotopic (exact) mass is 185 g/mol. The van der Waals surface area contributed by atoms with Crippen molar-refractivity contribution in [3.8, 4) is 0 Å². The quantitative estimate of drug-likeness (QED) is 0.663. The van der Waals surface area contributed by atoms with Gasteiger partial charge in [0.05, 0.1) is 6.10 Å². The molecule has 2 nitrogen and oxygen atoms in total. The van der Waals surface area contributed by atoms with Crippen LogP contribution in [0, 0.1) is 5.92 Å². The Kier molecular flexibility index (Phi) is 4.74. The fourth-order valence-corrected chi connectivity index (χ4v) is 1.76. The van der Waals surface area contributed by atoms with Crippen molar-refractivity contribution in [3.63, 3.8) is 0 Å². The Morgan fingerprint density at radius 3 is 2.77 bits per heavy atom. The summed E-state index contributed by atoms with van der Waals surface area (Å²) in [6, 6.07) is 0.673. The summed E-state index contributed by atoms with van der Waals surface area (Å²) in [5.74, 6) is 0.736. The molecule has 0 bridgehead atoms. The predicted molar refractivity (Wildman–Crippen MR) is 55.9 cm³/mol. The van der Waals surface area contributed by atoms with Gasteiger partial charge < -0.3 is 10.1 Å². The first-order chi connectivity index (χ1) is 6.24. The molecule has 0 aromatic heterocycles. The zero-order valence-electron chi connectivity index (χ0n) is 9.18.